The highest BCUT2D eigenvalue weighted by molar-refractivity contribution is 6.18. The van der Waals surface area contributed by atoms with Crippen molar-refractivity contribution in [1.29, 1.82) is 0 Å². The Balaban J connectivity index is 1.53. The Morgan fingerprint density at radius 3 is 2.21 bits per heavy atom. The van der Waals surface area contributed by atoms with Crippen LogP contribution in [-0.4, -0.2) is 34.5 Å². The molecule has 206 valence electrons. The minimum atomic E-state index is -1.42. The molecule has 1 spiro atoms. The minimum Gasteiger partial charge on any atom is -0.352 e. The van der Waals surface area contributed by atoms with Crippen molar-refractivity contribution < 1.29 is 19.3 Å². The van der Waals surface area contributed by atoms with Gasteiger partial charge in [-0.2, -0.15) is 0 Å². The molecule has 4 aromatic carbocycles. The quantitative estimate of drug-likeness (QED) is 0.188. The van der Waals surface area contributed by atoms with Crippen molar-refractivity contribution in [3.8, 4) is 0 Å². The smallest absolute Gasteiger partial charge is 0.269 e. The van der Waals surface area contributed by atoms with Crippen LogP contribution < -0.4 is 10.2 Å². The summed E-state index contributed by atoms with van der Waals surface area (Å²) >= 11 is 0. The molecule has 0 aromatic heterocycles. The van der Waals surface area contributed by atoms with Gasteiger partial charge in [0.2, 0.25) is 5.91 Å². The molecule has 0 radical (unpaired) electrons. The molecule has 1 fully saturated rings. The van der Waals surface area contributed by atoms with E-state index in [0.717, 1.165) is 16.8 Å². The maximum Gasteiger partial charge on any atom is 0.269 e. The number of benzene rings is 4. The van der Waals surface area contributed by atoms with Crippen LogP contribution in [0, 0.1) is 16.0 Å². The molecule has 7 rings (SSSR count). The Hall–Kier alpha value is -5.37. The van der Waals surface area contributed by atoms with E-state index < -0.39 is 28.3 Å². The van der Waals surface area contributed by atoms with E-state index in [9.17, 15) is 24.5 Å². The minimum absolute atomic E-state index is 0.143. The summed E-state index contributed by atoms with van der Waals surface area (Å²) in [6.45, 7) is 1.97. The third-order valence-corrected chi connectivity index (χ3v) is 8.86. The second-order valence-electron chi connectivity index (χ2n) is 10.9. The van der Waals surface area contributed by atoms with Crippen LogP contribution in [-0.2, 0) is 10.2 Å². The molecular weight excluding hydrogens is 530 g/mol. The van der Waals surface area contributed by atoms with Crippen molar-refractivity contribution in [3.63, 3.8) is 0 Å². The number of carbonyl (C=O) groups is 3. The molecule has 1 saturated heterocycles. The lowest BCUT2D eigenvalue weighted by Crippen LogP contribution is -2.51. The summed E-state index contributed by atoms with van der Waals surface area (Å²) in [7, 11) is 0. The summed E-state index contributed by atoms with van der Waals surface area (Å²) < 4.78 is 0. The number of hydrogen-bond donors (Lipinski definition) is 1. The predicted octanol–water partition coefficient (Wildman–Crippen LogP) is 5.84. The molecule has 8 nitrogen and oxygen atoms in total. The van der Waals surface area contributed by atoms with E-state index in [-0.39, 0.29) is 28.7 Å². The fourth-order valence-corrected chi connectivity index (χ4v) is 7.09. The van der Waals surface area contributed by atoms with Gasteiger partial charge in [-0.1, -0.05) is 72.8 Å². The third-order valence-electron chi connectivity index (χ3n) is 8.86. The first kappa shape index (κ1) is 25.6. The maximum absolute atomic E-state index is 14.7. The number of non-ortho nitro benzene ring substituents is 1. The summed E-state index contributed by atoms with van der Waals surface area (Å²) in [5, 5.41) is 14.4. The van der Waals surface area contributed by atoms with Crippen molar-refractivity contribution in [3.05, 3.63) is 142 Å². The number of Topliss-reactive ketones (excluding diaryl/α,β-unsaturated/α-hetero) is 2. The molecule has 42 heavy (non-hydrogen) atoms. The standard InChI is InChI=1S/C34H25N3O5/c1-20-19-28-34(25-12-6-7-13-26(25)35-33(34)40)29(31(38)21-9-3-2-4-10-21)30(36(28)27-14-8-5-11-24(20)27)32(39)22-15-17-23(18-16-22)37(41)42/h2-19,28-30H,1H3,(H,35,40)/t28-,29-,30-,34-/m0/s1. The first-order valence-corrected chi connectivity index (χ1v) is 13.7. The molecule has 0 saturated carbocycles. The molecule has 3 heterocycles. The van der Waals surface area contributed by atoms with Gasteiger partial charge in [-0.3, -0.25) is 24.5 Å². The van der Waals surface area contributed by atoms with Crippen LogP contribution in [0.1, 0.15) is 38.8 Å². The first-order valence-electron chi connectivity index (χ1n) is 13.7. The number of nitrogens with zero attached hydrogens (tertiary/aromatic N) is 2. The summed E-state index contributed by atoms with van der Waals surface area (Å²) in [5.74, 6) is -2.15. The number of rotatable bonds is 5. The SMILES string of the molecule is CC1=C[C@@H]2N(c3ccccc31)[C@H](C(=O)c1ccc([N+](=O)[O-])cc1)[C@@H](C(=O)c1ccccc1)[C@@]21C(=O)Nc2ccccc21. The van der Waals surface area contributed by atoms with Gasteiger partial charge in [-0.25, -0.2) is 0 Å². The van der Waals surface area contributed by atoms with E-state index in [2.05, 4.69) is 5.32 Å². The summed E-state index contributed by atoms with van der Waals surface area (Å²) in [6.07, 6.45) is 2.00. The molecule has 1 N–H and O–H groups in total. The lowest BCUT2D eigenvalue weighted by molar-refractivity contribution is -0.384. The summed E-state index contributed by atoms with van der Waals surface area (Å²) in [4.78, 5) is 56.5. The Labute approximate surface area is 241 Å². The van der Waals surface area contributed by atoms with Crippen LogP contribution in [0.25, 0.3) is 5.57 Å². The van der Waals surface area contributed by atoms with Crippen LogP contribution in [0.2, 0.25) is 0 Å². The van der Waals surface area contributed by atoms with Gasteiger partial charge in [0.1, 0.15) is 11.5 Å². The molecule has 1 amide bonds. The van der Waals surface area contributed by atoms with Crippen molar-refractivity contribution >= 4 is 40.1 Å². The van der Waals surface area contributed by atoms with Gasteiger partial charge in [0.05, 0.1) is 16.9 Å². The second kappa shape index (κ2) is 9.34. The molecule has 0 unspecified atom stereocenters. The molecule has 4 aromatic rings. The van der Waals surface area contributed by atoms with E-state index >= 15 is 0 Å². The maximum atomic E-state index is 14.7. The van der Waals surface area contributed by atoms with Crippen LogP contribution in [0.15, 0.2) is 109 Å². The molecule has 8 heteroatoms. The normalized spacial score (nSPS) is 23.5. The molecule has 3 aliphatic rings. The van der Waals surface area contributed by atoms with Gasteiger partial charge < -0.3 is 10.2 Å². The molecule has 4 atom stereocenters. The van der Waals surface area contributed by atoms with Crippen molar-refractivity contribution in [2.75, 3.05) is 10.2 Å². The van der Waals surface area contributed by atoms with Crippen molar-refractivity contribution in [1.82, 2.24) is 0 Å². The zero-order valence-electron chi connectivity index (χ0n) is 22.6. The van der Waals surface area contributed by atoms with E-state index in [1.807, 2.05) is 72.5 Å². The highest BCUT2D eigenvalue weighted by Crippen LogP contribution is 2.58. The highest BCUT2D eigenvalue weighted by Gasteiger charge is 2.70. The van der Waals surface area contributed by atoms with E-state index in [1.54, 1.807) is 24.3 Å². The third kappa shape index (κ3) is 3.44. The predicted molar refractivity (Wildman–Crippen MR) is 159 cm³/mol. The largest absolute Gasteiger partial charge is 0.352 e. The monoisotopic (exact) mass is 555 g/mol. The lowest BCUT2D eigenvalue weighted by Gasteiger charge is -2.39. The Morgan fingerprint density at radius 2 is 1.48 bits per heavy atom. The molecule has 3 aliphatic heterocycles. The van der Waals surface area contributed by atoms with Crippen molar-refractivity contribution in [2.24, 2.45) is 5.92 Å². The molecular formula is C34H25N3O5. The Morgan fingerprint density at radius 1 is 0.833 bits per heavy atom. The number of ketones is 2. The van der Waals surface area contributed by atoms with Crippen molar-refractivity contribution in [2.45, 2.75) is 24.4 Å². The number of carbonyl (C=O) groups excluding carboxylic acids is 3. The van der Waals surface area contributed by atoms with Crippen LogP contribution in [0.4, 0.5) is 17.1 Å². The fraction of sp³-hybridized carbons (Fsp3) is 0.147. The van der Waals surface area contributed by atoms with Crippen LogP contribution >= 0.6 is 0 Å². The van der Waals surface area contributed by atoms with E-state index in [0.29, 0.717) is 16.8 Å². The fourth-order valence-electron chi connectivity index (χ4n) is 7.09. The summed E-state index contributed by atoms with van der Waals surface area (Å²) in [6, 6.07) is 27.4. The van der Waals surface area contributed by atoms with Gasteiger partial charge in [0.25, 0.3) is 5.69 Å². The van der Waals surface area contributed by atoms with E-state index in [4.69, 9.17) is 0 Å². The molecule has 0 aliphatic carbocycles. The van der Waals surface area contributed by atoms with Crippen LogP contribution in [0.3, 0.4) is 0 Å². The van der Waals surface area contributed by atoms with Gasteiger partial charge >= 0.3 is 0 Å². The number of fused-ring (bicyclic) bond motifs is 6. The lowest BCUT2D eigenvalue weighted by atomic mass is 9.64. The first-order chi connectivity index (χ1) is 20.3. The highest BCUT2D eigenvalue weighted by atomic mass is 16.6. The average molecular weight is 556 g/mol. The zero-order valence-corrected chi connectivity index (χ0v) is 22.6. The van der Waals surface area contributed by atoms with Gasteiger partial charge in [0, 0.05) is 40.2 Å². The van der Waals surface area contributed by atoms with E-state index in [1.165, 1.54) is 24.3 Å². The van der Waals surface area contributed by atoms with Gasteiger partial charge in [0.15, 0.2) is 11.6 Å². The summed E-state index contributed by atoms with van der Waals surface area (Å²) in [5.41, 5.74) is 2.94. The number of hydrogen-bond acceptors (Lipinski definition) is 6. The topological polar surface area (TPSA) is 110 Å². The number of amides is 1. The number of nitrogens with one attached hydrogen (secondary N) is 1. The Bertz CT molecular complexity index is 1830. The second-order valence-corrected chi connectivity index (χ2v) is 10.9. The number of para-hydroxylation sites is 2. The number of nitro groups is 1. The number of anilines is 2. The molecule has 0 bridgehead atoms. The number of allylic oxidation sites excluding steroid dienone is 1. The van der Waals surface area contributed by atoms with Crippen LogP contribution in [0.5, 0.6) is 0 Å². The average Bonchev–Trinajstić information content (AvgIpc) is 3.49. The van der Waals surface area contributed by atoms with Gasteiger partial charge in [-0.15, -0.1) is 0 Å². The number of nitro benzene ring substituents is 1. The zero-order chi connectivity index (χ0) is 29.2. The van der Waals surface area contributed by atoms with Gasteiger partial charge in [-0.05, 0) is 42.3 Å². The Kier molecular flexibility index (Phi) is 5.69.